The van der Waals surface area contributed by atoms with Crippen molar-refractivity contribution in [3.05, 3.63) is 76.4 Å². The molecule has 0 saturated heterocycles. The maximum absolute atomic E-state index is 12.8. The van der Waals surface area contributed by atoms with Crippen LogP contribution in [0.3, 0.4) is 0 Å². The number of halogens is 1. The normalized spacial score (nSPS) is 12.3. The standard InChI is InChI=1S/C17H13FO4/c18-13-5-1-11(2-6-13)15(19)10-21-14-7-3-12-4-8-17(20)22-16(12)9-14/h1-9,15,19H,10H2. The zero-order chi connectivity index (χ0) is 15.5. The molecule has 5 heteroatoms. The van der Waals surface area contributed by atoms with Gasteiger partial charge in [-0.1, -0.05) is 12.1 Å². The van der Waals surface area contributed by atoms with Crippen LogP contribution in [0.5, 0.6) is 5.75 Å². The molecule has 0 aliphatic rings. The van der Waals surface area contributed by atoms with Crippen molar-refractivity contribution in [3.8, 4) is 5.75 Å². The topological polar surface area (TPSA) is 59.7 Å². The molecule has 0 bridgehead atoms. The molecule has 0 aliphatic carbocycles. The van der Waals surface area contributed by atoms with E-state index in [0.29, 0.717) is 16.9 Å². The Balaban J connectivity index is 1.73. The van der Waals surface area contributed by atoms with E-state index in [4.69, 9.17) is 9.15 Å². The molecule has 0 spiro atoms. The van der Waals surface area contributed by atoms with Gasteiger partial charge in [-0.3, -0.25) is 0 Å². The highest BCUT2D eigenvalue weighted by molar-refractivity contribution is 5.77. The van der Waals surface area contributed by atoms with Gasteiger partial charge < -0.3 is 14.3 Å². The highest BCUT2D eigenvalue weighted by Crippen LogP contribution is 2.21. The van der Waals surface area contributed by atoms with Crippen LogP contribution in [0.15, 0.2) is 63.8 Å². The molecule has 3 aromatic rings. The van der Waals surface area contributed by atoms with Gasteiger partial charge in [-0.2, -0.15) is 0 Å². The number of fused-ring (bicyclic) bond motifs is 1. The van der Waals surface area contributed by atoms with Gasteiger partial charge in [-0.05, 0) is 35.9 Å². The first-order valence-corrected chi connectivity index (χ1v) is 6.72. The summed E-state index contributed by atoms with van der Waals surface area (Å²) in [6.45, 7) is 0.00814. The number of benzene rings is 2. The molecule has 1 unspecified atom stereocenters. The molecule has 1 heterocycles. The molecular weight excluding hydrogens is 287 g/mol. The van der Waals surface area contributed by atoms with Crippen LogP contribution >= 0.6 is 0 Å². The monoisotopic (exact) mass is 300 g/mol. The van der Waals surface area contributed by atoms with Crippen molar-refractivity contribution in [2.75, 3.05) is 6.61 Å². The van der Waals surface area contributed by atoms with Crippen LogP contribution in [-0.4, -0.2) is 11.7 Å². The number of aliphatic hydroxyl groups excluding tert-OH is 1. The molecule has 4 nitrogen and oxygen atoms in total. The molecule has 3 rings (SSSR count). The van der Waals surface area contributed by atoms with Gasteiger partial charge in [0, 0.05) is 17.5 Å². The third kappa shape index (κ3) is 3.15. The quantitative estimate of drug-likeness (QED) is 0.752. The summed E-state index contributed by atoms with van der Waals surface area (Å²) in [4.78, 5) is 11.2. The summed E-state index contributed by atoms with van der Waals surface area (Å²) in [5.41, 5.74) is 0.547. The maximum Gasteiger partial charge on any atom is 0.336 e. The zero-order valence-corrected chi connectivity index (χ0v) is 11.5. The number of hydrogen-bond donors (Lipinski definition) is 1. The molecule has 1 atom stereocenters. The van der Waals surface area contributed by atoms with Gasteiger partial charge in [0.2, 0.25) is 0 Å². The lowest BCUT2D eigenvalue weighted by atomic mass is 10.1. The van der Waals surface area contributed by atoms with Crippen LogP contribution in [0.25, 0.3) is 11.0 Å². The van der Waals surface area contributed by atoms with Crippen molar-refractivity contribution in [1.82, 2.24) is 0 Å². The van der Waals surface area contributed by atoms with E-state index in [1.54, 1.807) is 24.3 Å². The number of ether oxygens (including phenoxy) is 1. The fourth-order valence-corrected chi connectivity index (χ4v) is 2.09. The van der Waals surface area contributed by atoms with Crippen molar-refractivity contribution < 1.29 is 18.7 Å². The first-order valence-electron chi connectivity index (χ1n) is 6.72. The van der Waals surface area contributed by atoms with E-state index in [1.807, 2.05) is 0 Å². The predicted molar refractivity (Wildman–Crippen MR) is 79.3 cm³/mol. The average Bonchev–Trinajstić information content (AvgIpc) is 2.53. The SMILES string of the molecule is O=c1ccc2ccc(OCC(O)c3ccc(F)cc3)cc2o1. The van der Waals surface area contributed by atoms with Gasteiger partial charge in [0.05, 0.1) is 0 Å². The van der Waals surface area contributed by atoms with Gasteiger partial charge in [0.15, 0.2) is 0 Å². The Bertz CT molecular complexity index is 839. The summed E-state index contributed by atoms with van der Waals surface area (Å²) < 4.78 is 23.4. The van der Waals surface area contributed by atoms with Crippen LogP contribution in [-0.2, 0) is 0 Å². The zero-order valence-electron chi connectivity index (χ0n) is 11.5. The van der Waals surface area contributed by atoms with Gasteiger partial charge in [-0.25, -0.2) is 9.18 Å². The highest BCUT2D eigenvalue weighted by atomic mass is 19.1. The van der Waals surface area contributed by atoms with Crippen molar-refractivity contribution in [2.24, 2.45) is 0 Å². The van der Waals surface area contributed by atoms with Crippen LogP contribution in [0.1, 0.15) is 11.7 Å². The van der Waals surface area contributed by atoms with E-state index < -0.39 is 11.7 Å². The second kappa shape index (κ2) is 5.99. The molecule has 0 fully saturated rings. The fraction of sp³-hybridized carbons (Fsp3) is 0.118. The van der Waals surface area contributed by atoms with Gasteiger partial charge in [-0.15, -0.1) is 0 Å². The number of rotatable bonds is 4. The summed E-state index contributed by atoms with van der Waals surface area (Å²) in [6.07, 6.45) is -0.876. The molecule has 0 saturated carbocycles. The molecule has 0 aliphatic heterocycles. The van der Waals surface area contributed by atoms with Crippen LogP contribution in [0.2, 0.25) is 0 Å². The Morgan fingerprint density at radius 2 is 1.82 bits per heavy atom. The molecule has 0 radical (unpaired) electrons. The largest absolute Gasteiger partial charge is 0.490 e. The van der Waals surface area contributed by atoms with E-state index in [-0.39, 0.29) is 12.4 Å². The van der Waals surface area contributed by atoms with Crippen LogP contribution < -0.4 is 10.4 Å². The van der Waals surface area contributed by atoms with E-state index in [0.717, 1.165) is 5.39 Å². The lowest BCUT2D eigenvalue weighted by Gasteiger charge is -2.13. The van der Waals surface area contributed by atoms with E-state index in [2.05, 4.69) is 0 Å². The van der Waals surface area contributed by atoms with E-state index in [1.165, 1.54) is 30.3 Å². The third-order valence-corrected chi connectivity index (χ3v) is 3.26. The molecular formula is C17H13FO4. The number of hydrogen-bond acceptors (Lipinski definition) is 4. The summed E-state index contributed by atoms with van der Waals surface area (Å²) in [5, 5.41) is 10.8. The highest BCUT2D eigenvalue weighted by Gasteiger charge is 2.09. The smallest absolute Gasteiger partial charge is 0.336 e. The first-order chi connectivity index (χ1) is 10.6. The maximum atomic E-state index is 12.8. The molecule has 2 aromatic carbocycles. The first kappa shape index (κ1) is 14.3. The van der Waals surface area contributed by atoms with Crippen molar-refractivity contribution >= 4 is 11.0 Å². The van der Waals surface area contributed by atoms with E-state index >= 15 is 0 Å². The Kier molecular flexibility index (Phi) is 3.89. The molecule has 0 amide bonds. The Morgan fingerprint density at radius 3 is 2.59 bits per heavy atom. The Morgan fingerprint density at radius 1 is 1.09 bits per heavy atom. The predicted octanol–water partition coefficient (Wildman–Crippen LogP) is 3.04. The summed E-state index contributed by atoms with van der Waals surface area (Å²) >= 11 is 0. The average molecular weight is 300 g/mol. The Labute approximate surface area is 125 Å². The lowest BCUT2D eigenvalue weighted by Crippen LogP contribution is -2.09. The van der Waals surface area contributed by atoms with E-state index in [9.17, 15) is 14.3 Å². The summed E-state index contributed by atoms with van der Waals surface area (Å²) in [6, 6.07) is 13.7. The number of aliphatic hydroxyl groups is 1. The lowest BCUT2D eigenvalue weighted by molar-refractivity contribution is 0.108. The Hall–Kier alpha value is -2.66. The van der Waals surface area contributed by atoms with Crippen LogP contribution in [0.4, 0.5) is 4.39 Å². The minimum Gasteiger partial charge on any atom is -0.490 e. The summed E-state index contributed by atoms with van der Waals surface area (Å²) in [5.74, 6) is 0.115. The third-order valence-electron chi connectivity index (χ3n) is 3.26. The molecule has 22 heavy (non-hydrogen) atoms. The minimum atomic E-state index is -0.876. The van der Waals surface area contributed by atoms with Gasteiger partial charge >= 0.3 is 5.63 Å². The molecule has 1 N–H and O–H groups in total. The second-order valence-corrected chi connectivity index (χ2v) is 4.83. The van der Waals surface area contributed by atoms with Crippen molar-refractivity contribution in [2.45, 2.75) is 6.10 Å². The summed E-state index contributed by atoms with van der Waals surface area (Å²) in [7, 11) is 0. The van der Waals surface area contributed by atoms with Gasteiger partial charge in [0.1, 0.15) is 29.9 Å². The minimum absolute atomic E-state index is 0.00814. The molecule has 1 aromatic heterocycles. The molecule has 112 valence electrons. The van der Waals surface area contributed by atoms with Gasteiger partial charge in [0.25, 0.3) is 0 Å². The van der Waals surface area contributed by atoms with Crippen molar-refractivity contribution in [1.29, 1.82) is 0 Å². The fourth-order valence-electron chi connectivity index (χ4n) is 2.09. The second-order valence-electron chi connectivity index (χ2n) is 4.83. The van der Waals surface area contributed by atoms with Crippen molar-refractivity contribution in [3.63, 3.8) is 0 Å². The van der Waals surface area contributed by atoms with Crippen LogP contribution in [0, 0.1) is 5.82 Å².